The van der Waals surface area contributed by atoms with Crippen LogP contribution >= 0.6 is 11.6 Å². The summed E-state index contributed by atoms with van der Waals surface area (Å²) in [6, 6.07) is 5.05. The number of sulfonamides is 1. The van der Waals surface area contributed by atoms with Gasteiger partial charge in [0.1, 0.15) is 5.52 Å². The van der Waals surface area contributed by atoms with Crippen molar-refractivity contribution in [3.8, 4) is 0 Å². The maximum Gasteiger partial charge on any atom is 0.213 e. The molecule has 0 amide bonds. The second kappa shape index (κ2) is 6.22. The summed E-state index contributed by atoms with van der Waals surface area (Å²) in [5.41, 5.74) is 0.666. The molecule has 2 heterocycles. The third kappa shape index (κ3) is 3.00. The van der Waals surface area contributed by atoms with E-state index in [0.29, 0.717) is 42.3 Å². The summed E-state index contributed by atoms with van der Waals surface area (Å²) < 4.78 is 40.0. The van der Waals surface area contributed by atoms with Crippen LogP contribution in [0.5, 0.6) is 0 Å². The van der Waals surface area contributed by atoms with Crippen molar-refractivity contribution in [2.24, 2.45) is 0 Å². The Balaban J connectivity index is 1.87. The zero-order chi connectivity index (χ0) is 16.6. The highest BCUT2D eigenvalue weighted by molar-refractivity contribution is 7.89. The molecule has 0 atom stereocenters. The van der Waals surface area contributed by atoms with E-state index in [1.165, 1.54) is 10.5 Å². The Bertz CT molecular complexity index is 836. The van der Waals surface area contributed by atoms with E-state index >= 15 is 0 Å². The summed E-state index contributed by atoms with van der Waals surface area (Å²) >= 11 is 6.06. The van der Waals surface area contributed by atoms with E-state index in [-0.39, 0.29) is 11.3 Å². The molecule has 3 rings (SSSR count). The minimum atomic E-state index is -3.19. The number of pyridine rings is 1. The number of benzene rings is 1. The van der Waals surface area contributed by atoms with Gasteiger partial charge >= 0.3 is 0 Å². The number of halogens is 2. The lowest BCUT2D eigenvalue weighted by atomic mass is 10.1. The van der Waals surface area contributed by atoms with E-state index in [1.807, 2.05) is 4.90 Å². The van der Waals surface area contributed by atoms with Crippen molar-refractivity contribution in [3.63, 3.8) is 0 Å². The van der Waals surface area contributed by atoms with Gasteiger partial charge in [-0.05, 0) is 25.1 Å². The van der Waals surface area contributed by atoms with Crippen molar-refractivity contribution in [1.29, 1.82) is 0 Å². The summed E-state index contributed by atoms with van der Waals surface area (Å²) in [7, 11) is -3.19. The maximum absolute atomic E-state index is 14.7. The van der Waals surface area contributed by atoms with Gasteiger partial charge in [0.25, 0.3) is 0 Å². The number of fused-ring (bicyclic) bond motifs is 1. The van der Waals surface area contributed by atoms with Crippen molar-refractivity contribution in [2.75, 3.05) is 36.8 Å². The number of piperazine rings is 1. The zero-order valence-electron chi connectivity index (χ0n) is 12.7. The van der Waals surface area contributed by atoms with E-state index in [2.05, 4.69) is 4.98 Å². The fraction of sp³-hybridized carbons (Fsp3) is 0.400. The molecule has 8 heteroatoms. The monoisotopic (exact) mass is 357 g/mol. The highest BCUT2D eigenvalue weighted by atomic mass is 35.5. The van der Waals surface area contributed by atoms with Crippen molar-refractivity contribution in [2.45, 2.75) is 6.92 Å². The van der Waals surface area contributed by atoms with Crippen molar-refractivity contribution in [1.82, 2.24) is 9.29 Å². The number of nitrogens with zero attached hydrogens (tertiary/aromatic N) is 3. The Labute approximate surface area is 139 Å². The Kier molecular flexibility index (Phi) is 4.44. The Morgan fingerprint density at radius 1 is 1.22 bits per heavy atom. The fourth-order valence-electron chi connectivity index (χ4n) is 2.77. The molecule has 0 bridgehead atoms. The molecule has 1 aromatic heterocycles. The van der Waals surface area contributed by atoms with Crippen LogP contribution in [0, 0.1) is 5.82 Å². The molecule has 124 valence electrons. The molecule has 0 N–H and O–H groups in total. The molecule has 0 saturated carbocycles. The molecule has 0 radical (unpaired) electrons. The third-order valence-corrected chi connectivity index (χ3v) is 6.33. The number of anilines is 1. The highest BCUT2D eigenvalue weighted by Crippen LogP contribution is 2.30. The molecule has 1 fully saturated rings. The summed E-state index contributed by atoms with van der Waals surface area (Å²) in [5, 5.41) is 1.03. The van der Waals surface area contributed by atoms with Crippen molar-refractivity contribution in [3.05, 3.63) is 35.2 Å². The SMILES string of the molecule is CCS(=O)(=O)N1CCN(c2ccc3c(Cl)ccnc3c2F)CC1. The molecule has 0 unspecified atom stereocenters. The maximum atomic E-state index is 14.7. The smallest absolute Gasteiger partial charge is 0.213 e. The van der Waals surface area contributed by atoms with Crippen molar-refractivity contribution >= 4 is 38.2 Å². The fourth-order valence-corrected chi connectivity index (χ4v) is 4.07. The second-order valence-corrected chi connectivity index (χ2v) is 8.04. The number of aromatic nitrogens is 1. The van der Waals surface area contributed by atoms with Crippen LogP contribution in [0.2, 0.25) is 5.02 Å². The summed E-state index contributed by atoms with van der Waals surface area (Å²) in [4.78, 5) is 5.92. The first-order valence-corrected chi connectivity index (χ1v) is 9.38. The third-order valence-electron chi connectivity index (χ3n) is 4.12. The summed E-state index contributed by atoms with van der Waals surface area (Å²) in [6.07, 6.45) is 1.48. The molecule has 0 aliphatic carbocycles. The lowest BCUT2D eigenvalue weighted by molar-refractivity contribution is 0.384. The van der Waals surface area contributed by atoms with Crippen LogP contribution in [0.3, 0.4) is 0 Å². The van der Waals surface area contributed by atoms with Gasteiger partial charge in [-0.1, -0.05) is 11.6 Å². The number of hydrogen-bond donors (Lipinski definition) is 0. The molecule has 0 spiro atoms. The van der Waals surface area contributed by atoms with Gasteiger partial charge in [0.05, 0.1) is 16.5 Å². The first kappa shape index (κ1) is 16.4. The molecular weight excluding hydrogens is 341 g/mol. The van der Waals surface area contributed by atoms with Crippen LogP contribution < -0.4 is 4.90 Å². The quantitative estimate of drug-likeness (QED) is 0.847. The molecule has 1 saturated heterocycles. The lowest BCUT2D eigenvalue weighted by Crippen LogP contribution is -2.49. The molecule has 23 heavy (non-hydrogen) atoms. The molecule has 1 aromatic carbocycles. The average Bonchev–Trinajstić information content (AvgIpc) is 2.56. The minimum Gasteiger partial charge on any atom is -0.366 e. The van der Waals surface area contributed by atoms with Gasteiger partial charge in [-0.15, -0.1) is 0 Å². The Hall–Kier alpha value is -1.44. The standard InChI is InChI=1S/C15H17ClFN3O2S/c1-2-23(21,22)20-9-7-19(8-10-20)13-4-3-11-12(16)5-6-18-15(11)14(13)17/h3-6H,2,7-10H2,1H3. The van der Waals surface area contributed by atoms with Crippen molar-refractivity contribution < 1.29 is 12.8 Å². The highest BCUT2D eigenvalue weighted by Gasteiger charge is 2.27. The topological polar surface area (TPSA) is 53.5 Å². The average molecular weight is 358 g/mol. The number of hydrogen-bond acceptors (Lipinski definition) is 4. The molecule has 2 aromatic rings. The van der Waals surface area contributed by atoms with Gasteiger partial charge in [0.15, 0.2) is 5.82 Å². The first-order valence-electron chi connectivity index (χ1n) is 7.39. The van der Waals surface area contributed by atoms with Gasteiger partial charge in [-0.2, -0.15) is 4.31 Å². The first-order chi connectivity index (χ1) is 10.9. The van der Waals surface area contributed by atoms with E-state index in [1.54, 1.807) is 25.1 Å². The summed E-state index contributed by atoms with van der Waals surface area (Å²) in [5.74, 6) is -0.337. The van der Waals surface area contributed by atoms with E-state index < -0.39 is 15.8 Å². The van der Waals surface area contributed by atoms with Crippen LogP contribution in [-0.2, 0) is 10.0 Å². The number of rotatable bonds is 3. The van der Waals surface area contributed by atoms with Crippen LogP contribution in [0.4, 0.5) is 10.1 Å². The second-order valence-electron chi connectivity index (χ2n) is 5.37. The van der Waals surface area contributed by atoms with Gasteiger partial charge in [0, 0.05) is 37.8 Å². The van der Waals surface area contributed by atoms with E-state index in [9.17, 15) is 12.8 Å². The van der Waals surface area contributed by atoms with Crippen LogP contribution in [0.15, 0.2) is 24.4 Å². The van der Waals surface area contributed by atoms with E-state index in [0.717, 1.165) is 0 Å². The van der Waals surface area contributed by atoms with E-state index in [4.69, 9.17) is 11.6 Å². The minimum absolute atomic E-state index is 0.0831. The largest absolute Gasteiger partial charge is 0.366 e. The van der Waals surface area contributed by atoms with Gasteiger partial charge in [-0.3, -0.25) is 4.98 Å². The van der Waals surface area contributed by atoms with Gasteiger partial charge in [0.2, 0.25) is 10.0 Å². The van der Waals surface area contributed by atoms with Crippen LogP contribution in [-0.4, -0.2) is 49.6 Å². The Morgan fingerprint density at radius 2 is 1.91 bits per heavy atom. The normalized spacial score (nSPS) is 16.9. The predicted octanol–water partition coefficient (Wildman–Crippen LogP) is 2.50. The predicted molar refractivity (Wildman–Crippen MR) is 90.0 cm³/mol. The molecule has 1 aliphatic rings. The Morgan fingerprint density at radius 3 is 2.57 bits per heavy atom. The van der Waals surface area contributed by atoms with Crippen LogP contribution in [0.25, 0.3) is 10.9 Å². The molecule has 5 nitrogen and oxygen atoms in total. The van der Waals surface area contributed by atoms with Crippen LogP contribution in [0.1, 0.15) is 6.92 Å². The summed E-state index contributed by atoms with van der Waals surface area (Å²) in [6.45, 7) is 3.23. The van der Waals surface area contributed by atoms with Gasteiger partial charge < -0.3 is 4.90 Å². The lowest BCUT2D eigenvalue weighted by Gasteiger charge is -2.35. The molecular formula is C15H17ClFN3O2S. The molecule has 1 aliphatic heterocycles. The zero-order valence-corrected chi connectivity index (χ0v) is 14.2. The van der Waals surface area contributed by atoms with Gasteiger partial charge in [-0.25, -0.2) is 12.8 Å².